The van der Waals surface area contributed by atoms with E-state index in [9.17, 15) is 9.59 Å². The normalized spacial score (nSPS) is 10.8. The first-order valence-electron chi connectivity index (χ1n) is 8.66. The lowest BCUT2D eigenvalue weighted by Crippen LogP contribution is -2.29. The molecule has 1 amide bonds. The number of anilines is 1. The average Bonchev–Trinajstić information content (AvgIpc) is 2.63. The Kier molecular flexibility index (Phi) is 5.86. The maximum Gasteiger partial charge on any atom is 0.267 e. The van der Waals surface area contributed by atoms with Gasteiger partial charge in [-0.15, -0.1) is 0 Å². The average molecular weight is 426 g/mol. The molecule has 0 unspecified atom stereocenters. The molecule has 0 aliphatic rings. The van der Waals surface area contributed by atoms with Gasteiger partial charge < -0.3 is 5.32 Å². The number of amides is 1. The standard InChI is InChI=1S/C21H20BrN3O2/c1-14(2)15-5-4-8-18(12-15)23-20(26)13-25-21(27)10-9-19(24-25)16-6-3-7-17(22)11-16/h3-12,14H,13H2,1-2H3,(H,23,26). The van der Waals surface area contributed by atoms with E-state index in [1.807, 2.05) is 48.5 Å². The van der Waals surface area contributed by atoms with Gasteiger partial charge in [-0.3, -0.25) is 9.59 Å². The summed E-state index contributed by atoms with van der Waals surface area (Å²) in [5, 5.41) is 7.17. The number of rotatable bonds is 5. The van der Waals surface area contributed by atoms with Gasteiger partial charge in [0.2, 0.25) is 5.91 Å². The van der Waals surface area contributed by atoms with Crippen LogP contribution in [0.5, 0.6) is 0 Å². The summed E-state index contributed by atoms with van der Waals surface area (Å²) in [5.41, 5.74) is 3.02. The van der Waals surface area contributed by atoms with E-state index in [1.165, 1.54) is 10.7 Å². The van der Waals surface area contributed by atoms with Crippen LogP contribution in [0.15, 0.2) is 69.9 Å². The van der Waals surface area contributed by atoms with Crippen LogP contribution in [0, 0.1) is 0 Å². The van der Waals surface area contributed by atoms with Crippen molar-refractivity contribution >= 4 is 27.5 Å². The molecular weight excluding hydrogens is 406 g/mol. The van der Waals surface area contributed by atoms with Crippen LogP contribution >= 0.6 is 15.9 Å². The zero-order valence-electron chi connectivity index (χ0n) is 15.1. The number of benzene rings is 2. The minimum absolute atomic E-state index is 0.146. The Morgan fingerprint density at radius 2 is 1.89 bits per heavy atom. The summed E-state index contributed by atoms with van der Waals surface area (Å²) in [7, 11) is 0. The van der Waals surface area contributed by atoms with Crippen molar-refractivity contribution in [1.29, 1.82) is 0 Å². The van der Waals surface area contributed by atoms with Crippen molar-refractivity contribution < 1.29 is 4.79 Å². The van der Waals surface area contributed by atoms with Gasteiger partial charge in [-0.1, -0.05) is 54.0 Å². The van der Waals surface area contributed by atoms with Crippen molar-refractivity contribution in [3.63, 3.8) is 0 Å². The van der Waals surface area contributed by atoms with E-state index in [-0.39, 0.29) is 18.0 Å². The Balaban J connectivity index is 1.79. The molecule has 3 rings (SSSR count). The molecule has 0 atom stereocenters. The third-order valence-corrected chi connectivity index (χ3v) is 4.61. The lowest BCUT2D eigenvalue weighted by molar-refractivity contribution is -0.117. The van der Waals surface area contributed by atoms with Gasteiger partial charge in [0.25, 0.3) is 5.56 Å². The fraction of sp³-hybridized carbons (Fsp3) is 0.190. The molecule has 138 valence electrons. The van der Waals surface area contributed by atoms with Gasteiger partial charge in [0.05, 0.1) is 5.69 Å². The molecule has 0 saturated heterocycles. The van der Waals surface area contributed by atoms with Crippen LogP contribution in [-0.4, -0.2) is 15.7 Å². The topological polar surface area (TPSA) is 64.0 Å². The molecule has 27 heavy (non-hydrogen) atoms. The highest BCUT2D eigenvalue weighted by molar-refractivity contribution is 9.10. The van der Waals surface area contributed by atoms with Crippen LogP contribution in [0.4, 0.5) is 5.69 Å². The molecule has 0 aliphatic heterocycles. The first kappa shape index (κ1) is 19.0. The number of carbonyl (C=O) groups is 1. The molecular formula is C21H20BrN3O2. The number of hydrogen-bond donors (Lipinski definition) is 1. The van der Waals surface area contributed by atoms with E-state index in [0.29, 0.717) is 17.3 Å². The molecule has 0 spiro atoms. The molecule has 0 bridgehead atoms. The Morgan fingerprint density at radius 3 is 2.63 bits per heavy atom. The second-order valence-electron chi connectivity index (χ2n) is 6.55. The zero-order valence-corrected chi connectivity index (χ0v) is 16.7. The quantitative estimate of drug-likeness (QED) is 0.657. The van der Waals surface area contributed by atoms with Crippen molar-refractivity contribution in [2.24, 2.45) is 0 Å². The number of nitrogens with one attached hydrogen (secondary N) is 1. The van der Waals surface area contributed by atoms with Gasteiger partial charge in [-0.2, -0.15) is 5.10 Å². The maximum absolute atomic E-state index is 12.4. The lowest BCUT2D eigenvalue weighted by Gasteiger charge is -2.11. The molecule has 6 heteroatoms. The summed E-state index contributed by atoms with van der Waals surface area (Å²) in [4.78, 5) is 24.5. The van der Waals surface area contributed by atoms with Gasteiger partial charge in [0.15, 0.2) is 0 Å². The van der Waals surface area contributed by atoms with E-state index in [2.05, 4.69) is 40.2 Å². The van der Waals surface area contributed by atoms with Crippen LogP contribution in [-0.2, 0) is 11.3 Å². The summed E-state index contributed by atoms with van der Waals surface area (Å²) in [5.74, 6) is 0.0740. The largest absolute Gasteiger partial charge is 0.324 e. The van der Waals surface area contributed by atoms with Gasteiger partial charge in [-0.25, -0.2) is 4.68 Å². The third-order valence-electron chi connectivity index (χ3n) is 4.12. The first-order chi connectivity index (χ1) is 12.9. The Morgan fingerprint density at radius 1 is 1.11 bits per heavy atom. The van der Waals surface area contributed by atoms with Crippen molar-refractivity contribution in [2.75, 3.05) is 5.32 Å². The number of carbonyl (C=O) groups excluding carboxylic acids is 1. The third kappa shape index (κ3) is 4.92. The van der Waals surface area contributed by atoms with Gasteiger partial charge in [-0.05, 0) is 41.8 Å². The van der Waals surface area contributed by atoms with E-state index < -0.39 is 0 Å². The number of aromatic nitrogens is 2. The van der Waals surface area contributed by atoms with Crippen LogP contribution in [0.3, 0.4) is 0 Å². The highest BCUT2D eigenvalue weighted by atomic mass is 79.9. The molecule has 0 radical (unpaired) electrons. The molecule has 0 saturated carbocycles. The van der Waals surface area contributed by atoms with Crippen molar-refractivity contribution in [3.8, 4) is 11.3 Å². The molecule has 0 fully saturated rings. The molecule has 3 aromatic rings. The van der Waals surface area contributed by atoms with Gasteiger partial charge in [0, 0.05) is 21.8 Å². The Bertz CT molecular complexity index is 1030. The highest BCUT2D eigenvalue weighted by Gasteiger charge is 2.09. The second-order valence-corrected chi connectivity index (χ2v) is 7.47. The number of hydrogen-bond acceptors (Lipinski definition) is 3. The van der Waals surface area contributed by atoms with Crippen molar-refractivity contribution in [1.82, 2.24) is 9.78 Å². The predicted octanol–water partition coefficient (Wildman–Crippen LogP) is 4.43. The van der Waals surface area contributed by atoms with E-state index >= 15 is 0 Å². The molecule has 1 heterocycles. The van der Waals surface area contributed by atoms with E-state index in [1.54, 1.807) is 6.07 Å². The molecule has 2 aromatic carbocycles. The summed E-state index contributed by atoms with van der Waals surface area (Å²) in [6.45, 7) is 4.04. The van der Waals surface area contributed by atoms with Gasteiger partial charge in [0.1, 0.15) is 6.54 Å². The molecule has 1 aromatic heterocycles. The summed E-state index contributed by atoms with van der Waals surface area (Å²) < 4.78 is 2.10. The molecule has 0 aliphatic carbocycles. The van der Waals surface area contributed by atoms with E-state index in [0.717, 1.165) is 15.6 Å². The minimum Gasteiger partial charge on any atom is -0.324 e. The Labute approximate surface area is 166 Å². The maximum atomic E-state index is 12.4. The lowest BCUT2D eigenvalue weighted by atomic mass is 10.0. The number of nitrogens with zero attached hydrogens (tertiary/aromatic N) is 2. The first-order valence-corrected chi connectivity index (χ1v) is 9.45. The van der Waals surface area contributed by atoms with Crippen LogP contribution in [0.1, 0.15) is 25.3 Å². The monoisotopic (exact) mass is 425 g/mol. The summed E-state index contributed by atoms with van der Waals surface area (Å²) in [6.07, 6.45) is 0. The fourth-order valence-corrected chi connectivity index (χ4v) is 3.08. The summed E-state index contributed by atoms with van der Waals surface area (Å²) in [6, 6.07) is 18.4. The van der Waals surface area contributed by atoms with Gasteiger partial charge >= 0.3 is 0 Å². The smallest absolute Gasteiger partial charge is 0.267 e. The Hall–Kier alpha value is -2.73. The summed E-state index contributed by atoms with van der Waals surface area (Å²) >= 11 is 3.43. The zero-order chi connectivity index (χ0) is 19.4. The highest BCUT2D eigenvalue weighted by Crippen LogP contribution is 2.20. The van der Waals surface area contributed by atoms with Crippen molar-refractivity contribution in [2.45, 2.75) is 26.3 Å². The van der Waals surface area contributed by atoms with Crippen LogP contribution < -0.4 is 10.9 Å². The SMILES string of the molecule is CC(C)c1cccc(NC(=O)Cn2nc(-c3cccc(Br)c3)ccc2=O)c1. The predicted molar refractivity (Wildman–Crippen MR) is 111 cm³/mol. The van der Waals surface area contributed by atoms with E-state index in [4.69, 9.17) is 0 Å². The molecule has 1 N–H and O–H groups in total. The second kappa shape index (κ2) is 8.31. The number of halogens is 1. The fourth-order valence-electron chi connectivity index (χ4n) is 2.68. The van der Waals surface area contributed by atoms with Crippen LogP contribution in [0.25, 0.3) is 11.3 Å². The van der Waals surface area contributed by atoms with Crippen LogP contribution in [0.2, 0.25) is 0 Å². The molecule has 5 nitrogen and oxygen atoms in total. The van der Waals surface area contributed by atoms with Crippen molar-refractivity contribution in [3.05, 3.63) is 81.1 Å². The minimum atomic E-state index is -0.320.